The first kappa shape index (κ1) is 11.9. The lowest BCUT2D eigenvalue weighted by atomic mass is 9.90. The lowest BCUT2D eigenvalue weighted by molar-refractivity contribution is 0.0656. The highest BCUT2D eigenvalue weighted by Crippen LogP contribution is 2.40. The molecule has 0 saturated heterocycles. The monoisotopic (exact) mass is 252 g/mol. The van der Waals surface area contributed by atoms with Crippen molar-refractivity contribution >= 4 is 11.6 Å². The fourth-order valence-corrected chi connectivity index (χ4v) is 2.28. The summed E-state index contributed by atoms with van der Waals surface area (Å²) in [5, 5.41) is 0. The van der Waals surface area contributed by atoms with Crippen molar-refractivity contribution in [2.24, 2.45) is 4.99 Å². The predicted octanol–water partition coefficient (Wildman–Crippen LogP) is 3.82. The van der Waals surface area contributed by atoms with Crippen LogP contribution < -0.4 is 0 Å². The van der Waals surface area contributed by atoms with E-state index in [1.807, 2.05) is 36.4 Å². The van der Waals surface area contributed by atoms with Crippen molar-refractivity contribution in [3.8, 4) is 0 Å². The summed E-state index contributed by atoms with van der Waals surface area (Å²) in [6, 6.07) is 13.9. The maximum absolute atomic E-state index is 6.12. The molecule has 0 aliphatic carbocycles. The summed E-state index contributed by atoms with van der Waals surface area (Å²) in [6.07, 6.45) is 2.64. The van der Waals surface area contributed by atoms with Gasteiger partial charge < -0.3 is 4.74 Å². The van der Waals surface area contributed by atoms with Gasteiger partial charge in [0.25, 0.3) is 0 Å². The Morgan fingerprint density at radius 1 is 1.11 bits per heavy atom. The molecule has 3 heteroatoms. The molecule has 1 aromatic heterocycles. The second-order valence-electron chi connectivity index (χ2n) is 4.84. The van der Waals surface area contributed by atoms with Crippen LogP contribution in [0.15, 0.2) is 53.7 Å². The first-order valence-electron chi connectivity index (χ1n) is 6.51. The number of para-hydroxylation sites is 1. The molecule has 0 amide bonds. The zero-order valence-corrected chi connectivity index (χ0v) is 11.1. The SMILES string of the molecule is CCC1(C)OC(c2ccccn2)=Nc2ccccc21. The molecule has 0 bridgehead atoms. The first-order valence-corrected chi connectivity index (χ1v) is 6.51. The third-order valence-electron chi connectivity index (χ3n) is 3.58. The van der Waals surface area contributed by atoms with E-state index in [0.29, 0.717) is 5.90 Å². The second kappa shape index (κ2) is 4.50. The van der Waals surface area contributed by atoms with Crippen LogP contribution in [0.1, 0.15) is 31.5 Å². The lowest BCUT2D eigenvalue weighted by Gasteiger charge is -2.34. The van der Waals surface area contributed by atoms with E-state index >= 15 is 0 Å². The summed E-state index contributed by atoms with van der Waals surface area (Å²) in [6.45, 7) is 4.22. The third kappa shape index (κ3) is 2.01. The topological polar surface area (TPSA) is 34.5 Å². The number of fused-ring (bicyclic) bond motifs is 1. The summed E-state index contributed by atoms with van der Waals surface area (Å²) in [5.74, 6) is 0.601. The number of ether oxygens (including phenoxy) is 1. The van der Waals surface area contributed by atoms with Crippen LogP contribution in [0.25, 0.3) is 0 Å². The number of nitrogens with zero attached hydrogens (tertiary/aromatic N) is 2. The van der Waals surface area contributed by atoms with Crippen LogP contribution >= 0.6 is 0 Å². The number of hydrogen-bond acceptors (Lipinski definition) is 3. The van der Waals surface area contributed by atoms with Gasteiger partial charge >= 0.3 is 0 Å². The molecule has 1 unspecified atom stereocenters. The van der Waals surface area contributed by atoms with Gasteiger partial charge in [-0.2, -0.15) is 0 Å². The number of aromatic nitrogens is 1. The molecule has 1 aliphatic heterocycles. The Morgan fingerprint density at radius 2 is 1.89 bits per heavy atom. The van der Waals surface area contributed by atoms with Gasteiger partial charge in [-0.3, -0.25) is 4.98 Å². The van der Waals surface area contributed by atoms with Crippen molar-refractivity contribution < 1.29 is 4.74 Å². The van der Waals surface area contributed by atoms with Gasteiger partial charge in [-0.1, -0.05) is 31.2 Å². The van der Waals surface area contributed by atoms with Gasteiger partial charge in [0.15, 0.2) is 0 Å². The lowest BCUT2D eigenvalue weighted by Crippen LogP contribution is -2.32. The van der Waals surface area contributed by atoms with Gasteiger partial charge in [0.05, 0.1) is 5.69 Å². The van der Waals surface area contributed by atoms with Crippen LogP contribution in [0.2, 0.25) is 0 Å². The fourth-order valence-electron chi connectivity index (χ4n) is 2.28. The van der Waals surface area contributed by atoms with Gasteiger partial charge in [-0.25, -0.2) is 4.99 Å². The van der Waals surface area contributed by atoms with Crippen LogP contribution in [-0.4, -0.2) is 10.9 Å². The summed E-state index contributed by atoms with van der Waals surface area (Å²) in [7, 11) is 0. The molecule has 2 heterocycles. The summed E-state index contributed by atoms with van der Waals surface area (Å²) in [4.78, 5) is 8.91. The maximum atomic E-state index is 6.12. The highest BCUT2D eigenvalue weighted by molar-refractivity contribution is 5.95. The van der Waals surface area contributed by atoms with E-state index in [2.05, 4.69) is 29.9 Å². The number of hydrogen-bond donors (Lipinski definition) is 0. The number of rotatable bonds is 2. The molecule has 0 radical (unpaired) electrons. The molecule has 0 fully saturated rings. The van der Waals surface area contributed by atoms with E-state index < -0.39 is 0 Å². The van der Waals surface area contributed by atoms with Crippen molar-refractivity contribution in [1.82, 2.24) is 4.98 Å². The molecule has 96 valence electrons. The Hall–Kier alpha value is -2.16. The van der Waals surface area contributed by atoms with E-state index in [4.69, 9.17) is 4.74 Å². The van der Waals surface area contributed by atoms with Crippen molar-refractivity contribution in [2.45, 2.75) is 25.9 Å². The number of pyridine rings is 1. The Labute approximate surface area is 113 Å². The molecule has 3 rings (SSSR count). The minimum atomic E-state index is -0.342. The Bertz CT molecular complexity index is 622. The molecule has 0 saturated carbocycles. The summed E-state index contributed by atoms with van der Waals surface area (Å²) < 4.78 is 6.12. The zero-order valence-electron chi connectivity index (χ0n) is 11.1. The van der Waals surface area contributed by atoms with Gasteiger partial charge in [-0.05, 0) is 31.5 Å². The molecule has 1 atom stereocenters. The highest BCUT2D eigenvalue weighted by Gasteiger charge is 2.34. The molecule has 1 aliphatic rings. The van der Waals surface area contributed by atoms with Crippen LogP contribution in [-0.2, 0) is 10.3 Å². The first-order chi connectivity index (χ1) is 9.23. The normalized spacial score (nSPS) is 21.3. The molecule has 0 spiro atoms. The van der Waals surface area contributed by atoms with E-state index in [1.54, 1.807) is 6.20 Å². The Morgan fingerprint density at radius 3 is 2.63 bits per heavy atom. The number of benzene rings is 1. The van der Waals surface area contributed by atoms with E-state index in [0.717, 1.165) is 23.4 Å². The van der Waals surface area contributed by atoms with E-state index in [1.165, 1.54) is 0 Å². The van der Waals surface area contributed by atoms with Crippen molar-refractivity contribution in [3.05, 3.63) is 59.9 Å². The van der Waals surface area contributed by atoms with Crippen LogP contribution in [0.5, 0.6) is 0 Å². The molecular formula is C16H16N2O. The average molecular weight is 252 g/mol. The second-order valence-corrected chi connectivity index (χ2v) is 4.84. The summed E-state index contributed by atoms with van der Waals surface area (Å²) >= 11 is 0. The minimum Gasteiger partial charge on any atom is -0.465 e. The fraction of sp³-hybridized carbons (Fsp3) is 0.250. The molecule has 2 aromatic rings. The van der Waals surface area contributed by atoms with Crippen LogP contribution in [0, 0.1) is 0 Å². The van der Waals surface area contributed by atoms with E-state index in [9.17, 15) is 0 Å². The third-order valence-corrected chi connectivity index (χ3v) is 3.58. The largest absolute Gasteiger partial charge is 0.465 e. The van der Waals surface area contributed by atoms with Crippen LogP contribution in [0.4, 0.5) is 5.69 Å². The molecule has 1 aromatic carbocycles. The van der Waals surface area contributed by atoms with E-state index in [-0.39, 0.29) is 5.60 Å². The smallest absolute Gasteiger partial charge is 0.241 e. The highest BCUT2D eigenvalue weighted by atomic mass is 16.5. The molecular weight excluding hydrogens is 236 g/mol. The molecule has 19 heavy (non-hydrogen) atoms. The average Bonchev–Trinajstić information content (AvgIpc) is 2.48. The van der Waals surface area contributed by atoms with Gasteiger partial charge in [0, 0.05) is 11.8 Å². The molecule has 3 nitrogen and oxygen atoms in total. The van der Waals surface area contributed by atoms with Crippen molar-refractivity contribution in [3.63, 3.8) is 0 Å². The Balaban J connectivity index is 2.14. The zero-order chi connectivity index (χ0) is 13.3. The van der Waals surface area contributed by atoms with Crippen LogP contribution in [0.3, 0.4) is 0 Å². The quantitative estimate of drug-likeness (QED) is 0.814. The Kier molecular flexibility index (Phi) is 2.82. The minimum absolute atomic E-state index is 0.342. The number of aliphatic imine (C=N–C) groups is 1. The summed E-state index contributed by atoms with van der Waals surface area (Å²) in [5.41, 5.74) is 2.54. The van der Waals surface area contributed by atoms with Gasteiger partial charge in [-0.15, -0.1) is 0 Å². The van der Waals surface area contributed by atoms with Crippen molar-refractivity contribution in [2.75, 3.05) is 0 Å². The van der Waals surface area contributed by atoms with Crippen molar-refractivity contribution in [1.29, 1.82) is 0 Å². The molecule has 0 N–H and O–H groups in total. The van der Waals surface area contributed by atoms with Gasteiger partial charge in [0.1, 0.15) is 11.3 Å². The standard InChI is InChI=1S/C16H16N2O/c1-3-16(2)12-8-4-5-9-13(12)18-15(19-16)14-10-6-7-11-17-14/h4-11H,3H2,1-2H3. The maximum Gasteiger partial charge on any atom is 0.241 e. The predicted molar refractivity (Wildman–Crippen MR) is 75.6 cm³/mol. The van der Waals surface area contributed by atoms with Gasteiger partial charge in [0.2, 0.25) is 5.90 Å².